The molecule has 0 aromatic heterocycles. The van der Waals surface area contributed by atoms with Crippen LogP contribution in [0.3, 0.4) is 0 Å². The molecule has 0 heterocycles. The van der Waals surface area contributed by atoms with Gasteiger partial charge < -0.3 is 9.92 Å². The zero-order valence-corrected chi connectivity index (χ0v) is 22.4. The van der Waals surface area contributed by atoms with Crippen molar-refractivity contribution in [3.05, 3.63) is 0 Å². The van der Waals surface area contributed by atoms with Crippen LogP contribution in [0.5, 0.6) is 0 Å². The molecule has 0 aromatic carbocycles. The largest absolute Gasteiger partial charge is 0.344 e. The van der Waals surface area contributed by atoms with E-state index in [0.717, 1.165) is 25.2 Å². The molecular formula is C26H53NO4S. The first-order valence-electron chi connectivity index (χ1n) is 13.4. The van der Waals surface area contributed by atoms with Crippen molar-refractivity contribution in [2.75, 3.05) is 5.75 Å². The van der Waals surface area contributed by atoms with Crippen LogP contribution in [-0.4, -0.2) is 26.2 Å². The van der Waals surface area contributed by atoms with E-state index in [1.54, 1.807) is 0 Å². The Morgan fingerprint density at radius 1 is 0.656 bits per heavy atom. The van der Waals surface area contributed by atoms with E-state index in [1.807, 2.05) is 13.8 Å². The van der Waals surface area contributed by atoms with E-state index in [1.165, 1.54) is 77.0 Å². The van der Waals surface area contributed by atoms with Crippen LogP contribution in [0.15, 0.2) is 0 Å². The van der Waals surface area contributed by atoms with Crippen LogP contribution in [0.1, 0.15) is 137 Å². The molecule has 192 valence electrons. The van der Waals surface area contributed by atoms with Crippen LogP contribution in [-0.2, 0) is 19.1 Å². The minimum atomic E-state index is -3.81. The maximum Gasteiger partial charge on any atom is 0.338 e. The Morgan fingerprint density at radius 3 is 1.41 bits per heavy atom. The third kappa shape index (κ3) is 21.2. The van der Waals surface area contributed by atoms with Gasteiger partial charge in [-0.05, 0) is 24.7 Å². The van der Waals surface area contributed by atoms with Crippen molar-refractivity contribution in [1.29, 1.82) is 0 Å². The molecule has 2 N–H and O–H groups in total. The summed E-state index contributed by atoms with van der Waals surface area (Å²) in [5.74, 6) is 0.127. The van der Waals surface area contributed by atoms with Crippen LogP contribution in [0.2, 0.25) is 0 Å². The Labute approximate surface area is 199 Å². The highest BCUT2D eigenvalue weighted by Gasteiger charge is 2.23. The molecule has 0 amide bonds. The molecule has 0 saturated heterocycles. The molecule has 0 spiro atoms. The van der Waals surface area contributed by atoms with Crippen molar-refractivity contribution in [3.63, 3.8) is 0 Å². The summed E-state index contributed by atoms with van der Waals surface area (Å²) in [6.07, 6.45) is 20.3. The normalized spacial score (nSPS) is 13.1. The third-order valence-electron chi connectivity index (χ3n) is 5.91. The molecule has 1 atom stereocenters. The number of hydrogen-bond donors (Lipinski definition) is 1. The summed E-state index contributed by atoms with van der Waals surface area (Å²) in [6, 6.07) is -0.871. The number of hydrogen-bond acceptors (Lipinski definition) is 5. The molecule has 6 heteroatoms. The highest BCUT2D eigenvalue weighted by atomic mass is 32.2. The molecule has 0 radical (unpaired) electrons. The van der Waals surface area contributed by atoms with Gasteiger partial charge in [-0.3, -0.25) is 0 Å². The van der Waals surface area contributed by atoms with Gasteiger partial charge in [0.05, 0.1) is 5.75 Å². The lowest BCUT2D eigenvalue weighted by molar-refractivity contribution is -0.135. The number of nitrogens with two attached hydrogens (primary N) is 1. The second-order valence-corrected chi connectivity index (χ2v) is 12.1. The average molecular weight is 476 g/mol. The van der Waals surface area contributed by atoms with Gasteiger partial charge in [0.2, 0.25) is 0 Å². The SMILES string of the molecule is CC(C)CCCCCCCCCCCCCCCCCS(=O)(=O)OC(=O)[C@@H](N)CC(C)C. The number of rotatable bonds is 22. The molecule has 0 aromatic rings. The van der Waals surface area contributed by atoms with Crippen LogP contribution in [0.25, 0.3) is 0 Å². The molecular weight excluding hydrogens is 422 g/mol. The molecule has 0 rings (SSSR count). The molecule has 5 nitrogen and oxygen atoms in total. The van der Waals surface area contributed by atoms with Crippen molar-refractivity contribution in [1.82, 2.24) is 0 Å². The maximum atomic E-state index is 11.9. The monoisotopic (exact) mass is 475 g/mol. The van der Waals surface area contributed by atoms with Crippen molar-refractivity contribution < 1.29 is 17.4 Å². The zero-order chi connectivity index (χ0) is 24.2. The van der Waals surface area contributed by atoms with Gasteiger partial charge in [-0.15, -0.1) is 0 Å². The quantitative estimate of drug-likeness (QED) is 0.133. The van der Waals surface area contributed by atoms with Crippen LogP contribution in [0.4, 0.5) is 0 Å². The standard InChI is InChI=1S/C26H53NO4S/c1-23(2)20-18-16-14-12-10-8-6-5-7-9-11-13-15-17-19-21-32(29,30)31-26(28)25(27)22-24(3)4/h23-25H,5-22,27H2,1-4H3/t25-/m0/s1. The van der Waals surface area contributed by atoms with E-state index in [2.05, 4.69) is 18.0 Å². The lowest BCUT2D eigenvalue weighted by atomic mass is 10.0. The first-order chi connectivity index (χ1) is 15.1. The fourth-order valence-corrected chi connectivity index (χ4v) is 4.98. The van der Waals surface area contributed by atoms with Crippen molar-refractivity contribution in [2.24, 2.45) is 17.6 Å². The first-order valence-corrected chi connectivity index (χ1v) is 14.9. The highest BCUT2D eigenvalue weighted by molar-refractivity contribution is 7.87. The van der Waals surface area contributed by atoms with Crippen LogP contribution < -0.4 is 5.73 Å². The van der Waals surface area contributed by atoms with E-state index < -0.39 is 22.1 Å². The van der Waals surface area contributed by atoms with Gasteiger partial charge in [0.25, 0.3) is 0 Å². The van der Waals surface area contributed by atoms with Crippen molar-refractivity contribution in [2.45, 2.75) is 143 Å². The van der Waals surface area contributed by atoms with E-state index in [0.29, 0.717) is 12.8 Å². The van der Waals surface area contributed by atoms with Gasteiger partial charge in [-0.1, -0.05) is 124 Å². The Morgan fingerprint density at radius 2 is 1.03 bits per heavy atom. The van der Waals surface area contributed by atoms with Gasteiger partial charge in [0.1, 0.15) is 6.04 Å². The lowest BCUT2D eigenvalue weighted by Gasteiger charge is -2.13. The Balaban J connectivity index is 3.45. The predicted octanol–water partition coefficient (Wildman–Crippen LogP) is 7.13. The number of unbranched alkanes of at least 4 members (excludes halogenated alkanes) is 14. The second kappa shape index (κ2) is 19.8. The van der Waals surface area contributed by atoms with E-state index in [-0.39, 0.29) is 11.7 Å². The summed E-state index contributed by atoms with van der Waals surface area (Å²) in [5.41, 5.74) is 5.68. The minimum absolute atomic E-state index is 0.106. The molecule has 0 unspecified atom stereocenters. The van der Waals surface area contributed by atoms with E-state index >= 15 is 0 Å². The molecule has 0 aliphatic heterocycles. The average Bonchev–Trinajstić information content (AvgIpc) is 2.69. The summed E-state index contributed by atoms with van der Waals surface area (Å²) in [4.78, 5) is 11.8. The number of carbonyl (C=O) groups is 1. The molecule has 0 aliphatic rings. The van der Waals surface area contributed by atoms with Gasteiger partial charge in [-0.25, -0.2) is 4.79 Å². The van der Waals surface area contributed by atoms with Crippen LogP contribution >= 0.6 is 0 Å². The summed E-state index contributed by atoms with van der Waals surface area (Å²) >= 11 is 0. The molecule has 32 heavy (non-hydrogen) atoms. The Kier molecular flexibility index (Phi) is 19.4. The van der Waals surface area contributed by atoms with Gasteiger partial charge in [0, 0.05) is 0 Å². The van der Waals surface area contributed by atoms with Crippen LogP contribution in [0, 0.1) is 11.8 Å². The minimum Gasteiger partial charge on any atom is -0.344 e. The number of carbonyl (C=O) groups excluding carboxylic acids is 1. The maximum absolute atomic E-state index is 11.9. The summed E-state index contributed by atoms with van der Waals surface area (Å²) in [5, 5.41) is 0. The molecule has 0 bridgehead atoms. The topological polar surface area (TPSA) is 86.5 Å². The fourth-order valence-electron chi connectivity index (χ4n) is 3.96. The third-order valence-corrected chi connectivity index (χ3v) is 7.12. The zero-order valence-electron chi connectivity index (χ0n) is 21.6. The molecule has 0 fully saturated rings. The highest BCUT2D eigenvalue weighted by Crippen LogP contribution is 2.15. The van der Waals surface area contributed by atoms with Crippen molar-refractivity contribution in [3.8, 4) is 0 Å². The van der Waals surface area contributed by atoms with Gasteiger partial charge in [0.15, 0.2) is 0 Å². The molecule has 0 aliphatic carbocycles. The summed E-state index contributed by atoms with van der Waals surface area (Å²) in [7, 11) is -3.81. The lowest BCUT2D eigenvalue weighted by Crippen LogP contribution is -2.35. The smallest absolute Gasteiger partial charge is 0.338 e. The predicted molar refractivity (Wildman–Crippen MR) is 136 cm³/mol. The molecule has 0 saturated carbocycles. The Hall–Kier alpha value is -0.620. The summed E-state index contributed by atoms with van der Waals surface area (Å²) in [6.45, 7) is 8.47. The first kappa shape index (κ1) is 31.4. The van der Waals surface area contributed by atoms with Crippen molar-refractivity contribution >= 4 is 16.1 Å². The van der Waals surface area contributed by atoms with E-state index in [4.69, 9.17) is 5.73 Å². The summed E-state index contributed by atoms with van der Waals surface area (Å²) < 4.78 is 28.5. The van der Waals surface area contributed by atoms with Gasteiger partial charge >= 0.3 is 16.1 Å². The fraction of sp³-hybridized carbons (Fsp3) is 0.962. The van der Waals surface area contributed by atoms with Gasteiger partial charge in [-0.2, -0.15) is 8.42 Å². The Bertz CT molecular complexity index is 546. The second-order valence-electron chi connectivity index (χ2n) is 10.4. The van der Waals surface area contributed by atoms with E-state index in [9.17, 15) is 13.2 Å².